The van der Waals surface area contributed by atoms with Crippen LogP contribution in [0.3, 0.4) is 0 Å². The summed E-state index contributed by atoms with van der Waals surface area (Å²) in [5.74, 6) is 0. The monoisotopic (exact) mass is 294 g/mol. The Bertz CT molecular complexity index is 522. The van der Waals surface area contributed by atoms with Gasteiger partial charge in [-0.2, -0.15) is 5.10 Å². The molecule has 0 atom stereocenters. The second-order valence-corrected chi connectivity index (χ2v) is 6.49. The molecule has 0 unspecified atom stereocenters. The third-order valence-electron chi connectivity index (χ3n) is 3.44. The first-order valence-corrected chi connectivity index (χ1v) is 7.10. The Kier molecular flexibility index (Phi) is 4.42. The molecule has 0 amide bonds. The molecule has 1 aliphatic rings. The zero-order valence-corrected chi connectivity index (χ0v) is 12.1. The van der Waals surface area contributed by atoms with Crippen LogP contribution in [0.2, 0.25) is 0 Å². The molecular formula is C10H19ClN4O2S. The van der Waals surface area contributed by atoms with Crippen LogP contribution in [0.15, 0.2) is 11.1 Å². The molecule has 0 bridgehead atoms. The maximum absolute atomic E-state index is 12.0. The zero-order chi connectivity index (χ0) is 12.7. The molecule has 8 heteroatoms. The highest BCUT2D eigenvalue weighted by atomic mass is 35.5. The van der Waals surface area contributed by atoms with E-state index in [1.54, 1.807) is 14.0 Å². The van der Waals surface area contributed by atoms with Crippen molar-refractivity contribution in [3.8, 4) is 0 Å². The normalized spacial score (nSPS) is 17.9. The number of nitrogens with zero attached hydrogens (tertiary/aromatic N) is 2. The third kappa shape index (κ3) is 2.85. The van der Waals surface area contributed by atoms with Gasteiger partial charge in [0.05, 0.1) is 11.9 Å². The number of rotatable bonds is 4. The van der Waals surface area contributed by atoms with Gasteiger partial charge in [0, 0.05) is 19.1 Å². The SMILES string of the molecule is Cc1c(S(=O)(=O)NCC2(N)CCC2)cnn1C.Cl. The zero-order valence-electron chi connectivity index (χ0n) is 10.5. The van der Waals surface area contributed by atoms with E-state index >= 15 is 0 Å². The van der Waals surface area contributed by atoms with E-state index in [-0.39, 0.29) is 22.8 Å². The highest BCUT2D eigenvalue weighted by Gasteiger charge is 2.34. The maximum Gasteiger partial charge on any atom is 0.244 e. The first-order valence-electron chi connectivity index (χ1n) is 5.61. The molecule has 3 N–H and O–H groups in total. The molecule has 1 aliphatic carbocycles. The van der Waals surface area contributed by atoms with Crippen molar-refractivity contribution in [2.24, 2.45) is 12.8 Å². The van der Waals surface area contributed by atoms with Crippen LogP contribution in [-0.2, 0) is 17.1 Å². The lowest BCUT2D eigenvalue weighted by molar-refractivity contribution is 0.251. The topological polar surface area (TPSA) is 90.0 Å². The molecule has 0 saturated heterocycles. The summed E-state index contributed by atoms with van der Waals surface area (Å²) in [5, 5.41) is 3.93. The van der Waals surface area contributed by atoms with Gasteiger partial charge in [0.15, 0.2) is 0 Å². The molecule has 1 heterocycles. The molecule has 0 spiro atoms. The van der Waals surface area contributed by atoms with Crippen LogP contribution in [0.1, 0.15) is 25.0 Å². The molecule has 0 aliphatic heterocycles. The van der Waals surface area contributed by atoms with Crippen molar-refractivity contribution in [1.29, 1.82) is 0 Å². The largest absolute Gasteiger partial charge is 0.324 e. The number of nitrogens with two attached hydrogens (primary N) is 1. The first-order chi connectivity index (χ1) is 7.84. The molecule has 1 fully saturated rings. The van der Waals surface area contributed by atoms with Crippen molar-refractivity contribution in [3.05, 3.63) is 11.9 Å². The molecule has 18 heavy (non-hydrogen) atoms. The summed E-state index contributed by atoms with van der Waals surface area (Å²) in [5.41, 5.74) is 6.25. The van der Waals surface area contributed by atoms with Crippen LogP contribution in [0.25, 0.3) is 0 Å². The molecule has 104 valence electrons. The summed E-state index contributed by atoms with van der Waals surface area (Å²) < 4.78 is 28.2. The lowest BCUT2D eigenvalue weighted by Gasteiger charge is -2.37. The average molecular weight is 295 g/mol. The Hall–Kier alpha value is -0.630. The number of sulfonamides is 1. The van der Waals surface area contributed by atoms with Crippen LogP contribution in [-0.4, -0.2) is 30.3 Å². The lowest BCUT2D eigenvalue weighted by Crippen LogP contribution is -2.54. The number of halogens is 1. The van der Waals surface area contributed by atoms with Gasteiger partial charge in [-0.3, -0.25) is 4.68 Å². The van der Waals surface area contributed by atoms with Gasteiger partial charge in [-0.15, -0.1) is 12.4 Å². The van der Waals surface area contributed by atoms with Crippen LogP contribution < -0.4 is 10.5 Å². The van der Waals surface area contributed by atoms with Crippen LogP contribution in [0, 0.1) is 6.92 Å². The van der Waals surface area contributed by atoms with E-state index in [0.717, 1.165) is 19.3 Å². The van der Waals surface area contributed by atoms with Gasteiger partial charge in [0.25, 0.3) is 0 Å². The standard InChI is InChI=1S/C10H18N4O2S.ClH/c1-8-9(6-12-14(8)2)17(15,16)13-7-10(11)4-3-5-10;/h6,13H,3-5,7,11H2,1-2H3;1H. The summed E-state index contributed by atoms with van der Waals surface area (Å²) in [4.78, 5) is 0.225. The van der Waals surface area contributed by atoms with Gasteiger partial charge in [0.1, 0.15) is 4.90 Å². The van der Waals surface area contributed by atoms with Crippen molar-refractivity contribution >= 4 is 22.4 Å². The summed E-state index contributed by atoms with van der Waals surface area (Å²) in [6, 6.07) is 0. The Morgan fingerprint density at radius 3 is 2.56 bits per heavy atom. The molecular weight excluding hydrogens is 276 g/mol. The summed E-state index contributed by atoms with van der Waals surface area (Å²) in [6.45, 7) is 2.02. The predicted octanol–water partition coefficient (Wildman–Crippen LogP) is 0.310. The van der Waals surface area contributed by atoms with Gasteiger partial charge in [-0.25, -0.2) is 13.1 Å². The summed E-state index contributed by atoms with van der Waals surface area (Å²) >= 11 is 0. The van der Waals surface area contributed by atoms with Crippen molar-refractivity contribution in [3.63, 3.8) is 0 Å². The van der Waals surface area contributed by atoms with Gasteiger partial charge in [0.2, 0.25) is 10.0 Å². The molecule has 1 aromatic heterocycles. The van der Waals surface area contributed by atoms with Gasteiger partial charge in [-0.05, 0) is 26.2 Å². The van der Waals surface area contributed by atoms with E-state index < -0.39 is 10.0 Å². The van der Waals surface area contributed by atoms with E-state index in [1.165, 1.54) is 10.9 Å². The lowest BCUT2D eigenvalue weighted by atomic mass is 9.78. The van der Waals surface area contributed by atoms with Crippen LogP contribution in [0.5, 0.6) is 0 Å². The Morgan fingerprint density at radius 2 is 2.17 bits per heavy atom. The fourth-order valence-electron chi connectivity index (χ4n) is 1.87. The average Bonchev–Trinajstić information content (AvgIpc) is 2.55. The predicted molar refractivity (Wildman–Crippen MR) is 71.2 cm³/mol. The summed E-state index contributed by atoms with van der Waals surface area (Å²) in [7, 11) is -1.78. The number of hydrogen-bond acceptors (Lipinski definition) is 4. The highest BCUT2D eigenvalue weighted by molar-refractivity contribution is 7.89. The molecule has 6 nitrogen and oxygen atoms in total. The molecule has 0 radical (unpaired) electrons. The van der Waals surface area contributed by atoms with Crippen molar-refractivity contribution in [2.75, 3.05) is 6.54 Å². The van der Waals surface area contributed by atoms with Gasteiger partial charge >= 0.3 is 0 Å². The fourth-order valence-corrected chi connectivity index (χ4v) is 3.21. The van der Waals surface area contributed by atoms with Gasteiger partial charge in [-0.1, -0.05) is 0 Å². The molecule has 0 aromatic carbocycles. The van der Waals surface area contributed by atoms with Crippen molar-refractivity contribution in [2.45, 2.75) is 36.6 Å². The minimum Gasteiger partial charge on any atom is -0.324 e. The Labute approximate surface area is 113 Å². The fraction of sp³-hybridized carbons (Fsp3) is 0.700. The summed E-state index contributed by atoms with van der Waals surface area (Å²) in [6.07, 6.45) is 4.19. The van der Waals surface area contributed by atoms with Crippen molar-refractivity contribution < 1.29 is 8.42 Å². The number of nitrogens with one attached hydrogen (secondary N) is 1. The highest BCUT2D eigenvalue weighted by Crippen LogP contribution is 2.28. The molecule has 1 saturated carbocycles. The second-order valence-electron chi connectivity index (χ2n) is 4.76. The Morgan fingerprint density at radius 1 is 1.56 bits per heavy atom. The molecule has 2 rings (SSSR count). The third-order valence-corrected chi connectivity index (χ3v) is 4.95. The van der Waals surface area contributed by atoms with E-state index in [0.29, 0.717) is 12.2 Å². The van der Waals surface area contributed by atoms with Crippen LogP contribution in [0.4, 0.5) is 0 Å². The van der Waals surface area contributed by atoms with E-state index in [4.69, 9.17) is 5.73 Å². The smallest absolute Gasteiger partial charge is 0.244 e. The molecule has 1 aromatic rings. The minimum absolute atomic E-state index is 0. The number of hydrogen-bond donors (Lipinski definition) is 2. The first kappa shape index (κ1) is 15.4. The second kappa shape index (κ2) is 5.16. The minimum atomic E-state index is -3.49. The van der Waals surface area contributed by atoms with E-state index in [2.05, 4.69) is 9.82 Å². The van der Waals surface area contributed by atoms with Crippen molar-refractivity contribution in [1.82, 2.24) is 14.5 Å². The maximum atomic E-state index is 12.0. The van der Waals surface area contributed by atoms with E-state index in [1.807, 2.05) is 0 Å². The number of aryl methyl sites for hydroxylation is 1. The number of aromatic nitrogens is 2. The van der Waals surface area contributed by atoms with Gasteiger partial charge < -0.3 is 5.73 Å². The Balaban J connectivity index is 0.00000162. The quantitative estimate of drug-likeness (QED) is 0.836. The van der Waals surface area contributed by atoms with Crippen LogP contribution >= 0.6 is 12.4 Å². The van der Waals surface area contributed by atoms with E-state index in [9.17, 15) is 8.42 Å².